The third kappa shape index (κ3) is 5.36. The van der Waals surface area contributed by atoms with E-state index < -0.39 is 0 Å². The summed E-state index contributed by atoms with van der Waals surface area (Å²) in [5.41, 5.74) is 2.06. The summed E-state index contributed by atoms with van der Waals surface area (Å²) < 4.78 is 13.2. The van der Waals surface area contributed by atoms with E-state index in [4.69, 9.17) is 0 Å². The van der Waals surface area contributed by atoms with Gasteiger partial charge in [0.25, 0.3) is 0 Å². The van der Waals surface area contributed by atoms with Crippen molar-refractivity contribution in [1.82, 2.24) is 14.8 Å². The van der Waals surface area contributed by atoms with Gasteiger partial charge < -0.3 is 4.90 Å². The first kappa shape index (κ1) is 19.5. The number of nitrogens with zero attached hydrogens (tertiary/aromatic N) is 3. The predicted molar refractivity (Wildman–Crippen MR) is 105 cm³/mol. The standard InChI is InChI=1S/C22H28FN3O/c1-17(2)21-16-26(22(27)13-19-5-3-10-24-14-19)12-4-11-25(21)15-18-6-8-20(23)9-7-18/h3,5-10,14,17,21H,4,11-13,15-16H2,1-2H3/t21-/m0/s1. The van der Waals surface area contributed by atoms with Crippen LogP contribution < -0.4 is 0 Å². The summed E-state index contributed by atoms with van der Waals surface area (Å²) in [6.45, 7) is 7.65. The van der Waals surface area contributed by atoms with Gasteiger partial charge in [-0.25, -0.2) is 4.39 Å². The van der Waals surface area contributed by atoms with Crippen LogP contribution in [0.5, 0.6) is 0 Å². The monoisotopic (exact) mass is 369 g/mol. The predicted octanol–water partition coefficient (Wildman–Crippen LogP) is 3.52. The van der Waals surface area contributed by atoms with Crippen LogP contribution in [-0.4, -0.2) is 46.4 Å². The molecule has 3 rings (SSSR count). The molecule has 0 bridgehead atoms. The molecule has 27 heavy (non-hydrogen) atoms. The number of rotatable bonds is 5. The van der Waals surface area contributed by atoms with Crippen LogP contribution >= 0.6 is 0 Å². The molecule has 2 heterocycles. The van der Waals surface area contributed by atoms with Crippen molar-refractivity contribution in [2.75, 3.05) is 19.6 Å². The molecular formula is C22H28FN3O. The highest BCUT2D eigenvalue weighted by atomic mass is 19.1. The summed E-state index contributed by atoms with van der Waals surface area (Å²) in [5.74, 6) is 0.386. The van der Waals surface area contributed by atoms with Gasteiger partial charge in [-0.05, 0) is 41.7 Å². The summed E-state index contributed by atoms with van der Waals surface area (Å²) >= 11 is 0. The quantitative estimate of drug-likeness (QED) is 0.809. The highest BCUT2D eigenvalue weighted by Crippen LogP contribution is 2.21. The Morgan fingerprint density at radius 1 is 1.19 bits per heavy atom. The topological polar surface area (TPSA) is 36.4 Å². The molecule has 1 saturated heterocycles. The van der Waals surface area contributed by atoms with Crippen molar-refractivity contribution in [2.45, 2.75) is 39.3 Å². The summed E-state index contributed by atoms with van der Waals surface area (Å²) in [4.78, 5) is 21.4. The van der Waals surface area contributed by atoms with E-state index in [9.17, 15) is 9.18 Å². The van der Waals surface area contributed by atoms with Gasteiger partial charge in [0.1, 0.15) is 5.82 Å². The zero-order chi connectivity index (χ0) is 19.2. The van der Waals surface area contributed by atoms with E-state index in [1.165, 1.54) is 12.1 Å². The van der Waals surface area contributed by atoms with Gasteiger partial charge in [-0.1, -0.05) is 32.0 Å². The Balaban J connectivity index is 1.68. The second-order valence-electron chi connectivity index (χ2n) is 7.64. The lowest BCUT2D eigenvalue weighted by atomic mass is 10.0. The molecule has 0 unspecified atom stereocenters. The summed E-state index contributed by atoms with van der Waals surface area (Å²) in [6, 6.07) is 10.8. The van der Waals surface area contributed by atoms with Crippen LogP contribution in [0.4, 0.5) is 4.39 Å². The van der Waals surface area contributed by atoms with Crippen LogP contribution in [0, 0.1) is 11.7 Å². The number of benzene rings is 1. The number of hydrogen-bond acceptors (Lipinski definition) is 3. The van der Waals surface area contributed by atoms with E-state index in [0.717, 1.165) is 43.7 Å². The molecule has 1 aliphatic rings. The Labute approximate surface area is 161 Å². The van der Waals surface area contributed by atoms with Gasteiger partial charge >= 0.3 is 0 Å². The van der Waals surface area contributed by atoms with Gasteiger partial charge in [0.15, 0.2) is 0 Å². The van der Waals surface area contributed by atoms with Crippen LogP contribution in [0.15, 0.2) is 48.8 Å². The van der Waals surface area contributed by atoms with Gasteiger partial charge in [0.05, 0.1) is 6.42 Å². The van der Waals surface area contributed by atoms with Crippen molar-refractivity contribution >= 4 is 5.91 Å². The molecule has 1 atom stereocenters. The number of hydrogen-bond donors (Lipinski definition) is 0. The maximum Gasteiger partial charge on any atom is 0.227 e. The smallest absolute Gasteiger partial charge is 0.227 e. The van der Waals surface area contributed by atoms with E-state index in [1.807, 2.05) is 29.2 Å². The summed E-state index contributed by atoms with van der Waals surface area (Å²) in [5, 5.41) is 0. The normalized spacial score (nSPS) is 18.5. The van der Waals surface area contributed by atoms with Crippen molar-refractivity contribution in [1.29, 1.82) is 0 Å². The fourth-order valence-corrected chi connectivity index (χ4v) is 3.73. The maximum atomic E-state index is 13.2. The highest BCUT2D eigenvalue weighted by Gasteiger charge is 2.29. The molecule has 0 radical (unpaired) electrons. The van der Waals surface area contributed by atoms with Gasteiger partial charge in [-0.2, -0.15) is 0 Å². The summed E-state index contributed by atoms with van der Waals surface area (Å²) in [7, 11) is 0. The Bertz CT molecular complexity index is 733. The first-order chi connectivity index (χ1) is 13.0. The van der Waals surface area contributed by atoms with Crippen LogP contribution in [-0.2, 0) is 17.8 Å². The van der Waals surface area contributed by atoms with Gasteiger partial charge in [-0.15, -0.1) is 0 Å². The minimum Gasteiger partial charge on any atom is -0.341 e. The molecule has 1 aliphatic heterocycles. The lowest BCUT2D eigenvalue weighted by Gasteiger charge is -2.34. The zero-order valence-corrected chi connectivity index (χ0v) is 16.1. The minimum atomic E-state index is -0.206. The molecule has 1 aromatic carbocycles. The summed E-state index contributed by atoms with van der Waals surface area (Å²) in [6.07, 6.45) is 4.83. The number of aromatic nitrogens is 1. The maximum absolute atomic E-state index is 13.2. The van der Waals surface area contributed by atoms with Crippen LogP contribution in [0.1, 0.15) is 31.4 Å². The Morgan fingerprint density at radius 3 is 2.63 bits per heavy atom. The van der Waals surface area contributed by atoms with E-state index in [1.54, 1.807) is 12.4 Å². The van der Waals surface area contributed by atoms with E-state index in [2.05, 4.69) is 23.7 Å². The molecule has 2 aromatic rings. The van der Waals surface area contributed by atoms with Gasteiger partial charge in [-0.3, -0.25) is 14.7 Å². The van der Waals surface area contributed by atoms with Crippen LogP contribution in [0.3, 0.4) is 0 Å². The molecule has 0 aliphatic carbocycles. The molecule has 5 heteroatoms. The first-order valence-corrected chi connectivity index (χ1v) is 9.68. The van der Waals surface area contributed by atoms with E-state index >= 15 is 0 Å². The second-order valence-corrected chi connectivity index (χ2v) is 7.64. The van der Waals surface area contributed by atoms with Crippen LogP contribution in [0.25, 0.3) is 0 Å². The van der Waals surface area contributed by atoms with Gasteiger partial charge in [0, 0.05) is 44.6 Å². The zero-order valence-electron chi connectivity index (χ0n) is 16.1. The van der Waals surface area contributed by atoms with Crippen molar-refractivity contribution in [3.8, 4) is 0 Å². The number of pyridine rings is 1. The fraction of sp³-hybridized carbons (Fsp3) is 0.455. The van der Waals surface area contributed by atoms with Crippen molar-refractivity contribution in [3.63, 3.8) is 0 Å². The SMILES string of the molecule is CC(C)[C@@H]1CN(C(=O)Cc2cccnc2)CCCN1Cc1ccc(F)cc1. The second kappa shape index (κ2) is 9.09. The molecule has 1 amide bonds. The van der Waals surface area contributed by atoms with Crippen molar-refractivity contribution < 1.29 is 9.18 Å². The molecule has 4 nitrogen and oxygen atoms in total. The Hall–Kier alpha value is -2.27. The average molecular weight is 369 g/mol. The molecular weight excluding hydrogens is 341 g/mol. The van der Waals surface area contributed by atoms with Gasteiger partial charge in [0.2, 0.25) is 5.91 Å². The molecule has 0 N–H and O–H groups in total. The van der Waals surface area contributed by atoms with E-state index in [0.29, 0.717) is 12.3 Å². The van der Waals surface area contributed by atoms with Crippen molar-refractivity contribution in [3.05, 3.63) is 65.7 Å². The van der Waals surface area contributed by atoms with Crippen LogP contribution in [0.2, 0.25) is 0 Å². The largest absolute Gasteiger partial charge is 0.341 e. The Kier molecular flexibility index (Phi) is 6.56. The third-order valence-corrected chi connectivity index (χ3v) is 5.25. The van der Waals surface area contributed by atoms with E-state index in [-0.39, 0.29) is 17.8 Å². The minimum absolute atomic E-state index is 0.164. The Morgan fingerprint density at radius 2 is 1.96 bits per heavy atom. The lowest BCUT2D eigenvalue weighted by Crippen LogP contribution is -2.45. The number of amides is 1. The molecule has 1 aromatic heterocycles. The first-order valence-electron chi connectivity index (χ1n) is 9.68. The number of carbonyl (C=O) groups is 1. The fourth-order valence-electron chi connectivity index (χ4n) is 3.73. The number of carbonyl (C=O) groups excluding carboxylic acids is 1. The molecule has 1 fully saturated rings. The third-order valence-electron chi connectivity index (χ3n) is 5.25. The van der Waals surface area contributed by atoms with Crippen molar-refractivity contribution in [2.24, 2.45) is 5.92 Å². The molecule has 0 spiro atoms. The number of halogens is 1. The highest BCUT2D eigenvalue weighted by molar-refractivity contribution is 5.78. The lowest BCUT2D eigenvalue weighted by molar-refractivity contribution is -0.131. The molecule has 144 valence electrons. The molecule has 0 saturated carbocycles. The average Bonchev–Trinajstić information content (AvgIpc) is 2.87.